The zero-order chi connectivity index (χ0) is 8.43. The van der Waals surface area contributed by atoms with Gasteiger partial charge in [0.1, 0.15) is 6.04 Å². The van der Waals surface area contributed by atoms with Crippen LogP contribution in [0, 0.1) is 0 Å². The van der Waals surface area contributed by atoms with Gasteiger partial charge in [-0.05, 0) is 19.8 Å². The van der Waals surface area contributed by atoms with Crippen LogP contribution in [0.5, 0.6) is 0 Å². The molecule has 1 rings (SSSR count). The van der Waals surface area contributed by atoms with Gasteiger partial charge < -0.3 is 5.11 Å². The van der Waals surface area contributed by atoms with Crippen molar-refractivity contribution in [3.8, 4) is 0 Å². The quantitative estimate of drug-likeness (QED) is 0.508. The largest absolute Gasteiger partial charge is 0.480 e. The SMILES string of the molecule is CC(Cl)N1CCCC1C(=O)O. The molecule has 0 aromatic carbocycles. The van der Waals surface area contributed by atoms with E-state index in [4.69, 9.17) is 16.7 Å². The normalized spacial score (nSPS) is 28.7. The minimum atomic E-state index is -0.755. The van der Waals surface area contributed by atoms with E-state index in [1.807, 2.05) is 11.8 Å². The second-order valence-electron chi connectivity index (χ2n) is 2.81. The number of carbonyl (C=O) groups is 1. The molecular weight excluding hydrogens is 166 g/mol. The fraction of sp³-hybridized carbons (Fsp3) is 0.857. The Hall–Kier alpha value is -0.280. The molecule has 1 aliphatic heterocycles. The van der Waals surface area contributed by atoms with Crippen LogP contribution in [-0.4, -0.2) is 34.1 Å². The second-order valence-corrected chi connectivity index (χ2v) is 3.44. The first kappa shape index (κ1) is 8.81. The van der Waals surface area contributed by atoms with E-state index in [1.165, 1.54) is 0 Å². The monoisotopic (exact) mass is 177 g/mol. The summed E-state index contributed by atoms with van der Waals surface area (Å²) in [7, 11) is 0. The highest BCUT2D eigenvalue weighted by atomic mass is 35.5. The molecule has 11 heavy (non-hydrogen) atoms. The van der Waals surface area contributed by atoms with Crippen molar-refractivity contribution in [2.45, 2.75) is 31.3 Å². The summed E-state index contributed by atoms with van der Waals surface area (Å²) in [6.45, 7) is 2.62. The Morgan fingerprint density at radius 1 is 1.82 bits per heavy atom. The van der Waals surface area contributed by atoms with E-state index in [0.29, 0.717) is 0 Å². The summed E-state index contributed by atoms with van der Waals surface area (Å²) < 4.78 is 0. The highest BCUT2D eigenvalue weighted by Gasteiger charge is 2.32. The summed E-state index contributed by atoms with van der Waals surface area (Å²) in [5.74, 6) is -0.755. The molecule has 0 aliphatic carbocycles. The number of halogens is 1. The van der Waals surface area contributed by atoms with Gasteiger partial charge in [0.25, 0.3) is 0 Å². The van der Waals surface area contributed by atoms with E-state index in [-0.39, 0.29) is 11.5 Å². The number of likely N-dealkylation sites (tertiary alicyclic amines) is 1. The van der Waals surface area contributed by atoms with Crippen LogP contribution in [0.1, 0.15) is 19.8 Å². The lowest BCUT2D eigenvalue weighted by Gasteiger charge is -2.22. The lowest BCUT2D eigenvalue weighted by Crippen LogP contribution is -2.39. The van der Waals surface area contributed by atoms with Crippen molar-refractivity contribution in [3.05, 3.63) is 0 Å². The van der Waals surface area contributed by atoms with Crippen LogP contribution in [0.2, 0.25) is 0 Å². The minimum Gasteiger partial charge on any atom is -0.480 e. The third-order valence-electron chi connectivity index (χ3n) is 2.04. The highest BCUT2D eigenvalue weighted by molar-refractivity contribution is 6.20. The summed E-state index contributed by atoms with van der Waals surface area (Å²) in [5.41, 5.74) is -0.168. The van der Waals surface area contributed by atoms with Crippen molar-refractivity contribution in [3.63, 3.8) is 0 Å². The number of carboxylic acids is 1. The Labute approximate surface area is 70.9 Å². The summed E-state index contributed by atoms with van der Waals surface area (Å²) in [5, 5.41) is 8.73. The molecule has 1 N–H and O–H groups in total. The van der Waals surface area contributed by atoms with E-state index >= 15 is 0 Å². The molecule has 2 unspecified atom stereocenters. The maximum absolute atomic E-state index is 10.6. The maximum atomic E-state index is 10.6. The Morgan fingerprint density at radius 3 is 2.82 bits per heavy atom. The average Bonchev–Trinajstić information content (AvgIpc) is 2.32. The number of aliphatic carboxylic acids is 1. The Balaban J connectivity index is 2.58. The molecule has 0 bridgehead atoms. The minimum absolute atomic E-state index is 0.168. The van der Waals surface area contributed by atoms with Gasteiger partial charge in [-0.1, -0.05) is 0 Å². The Morgan fingerprint density at radius 2 is 2.45 bits per heavy atom. The smallest absolute Gasteiger partial charge is 0.320 e. The van der Waals surface area contributed by atoms with Crippen LogP contribution in [0.25, 0.3) is 0 Å². The van der Waals surface area contributed by atoms with Crippen molar-refractivity contribution >= 4 is 17.6 Å². The number of carboxylic acid groups (broad SMARTS) is 1. The molecular formula is C7H12ClNO2. The summed E-state index contributed by atoms with van der Waals surface area (Å²) >= 11 is 5.79. The number of hydrogen-bond donors (Lipinski definition) is 1. The lowest BCUT2D eigenvalue weighted by atomic mass is 10.2. The maximum Gasteiger partial charge on any atom is 0.320 e. The van der Waals surface area contributed by atoms with Crippen LogP contribution in [0.4, 0.5) is 0 Å². The predicted molar refractivity (Wildman–Crippen MR) is 42.7 cm³/mol. The fourth-order valence-corrected chi connectivity index (χ4v) is 1.71. The molecule has 1 heterocycles. The van der Waals surface area contributed by atoms with Crippen LogP contribution in [0.3, 0.4) is 0 Å². The standard InChI is InChI=1S/C7H12ClNO2/c1-5(8)9-4-2-3-6(9)7(10)11/h5-6H,2-4H2,1H3,(H,10,11). The number of rotatable bonds is 2. The Bertz CT molecular complexity index is 161. The first-order chi connectivity index (χ1) is 5.13. The molecule has 1 aliphatic rings. The third-order valence-corrected chi connectivity index (χ3v) is 2.29. The van der Waals surface area contributed by atoms with Crippen LogP contribution < -0.4 is 0 Å². The zero-order valence-electron chi connectivity index (χ0n) is 6.46. The molecule has 1 fully saturated rings. The molecule has 3 nitrogen and oxygen atoms in total. The van der Waals surface area contributed by atoms with Gasteiger partial charge in [-0.2, -0.15) is 0 Å². The van der Waals surface area contributed by atoms with Gasteiger partial charge in [-0.25, -0.2) is 0 Å². The molecule has 0 saturated carbocycles. The molecule has 4 heteroatoms. The van der Waals surface area contributed by atoms with Gasteiger partial charge in [-0.15, -0.1) is 11.6 Å². The molecule has 0 spiro atoms. The van der Waals surface area contributed by atoms with Gasteiger partial charge in [0.05, 0.1) is 5.50 Å². The van der Waals surface area contributed by atoms with Gasteiger partial charge in [0.15, 0.2) is 0 Å². The average molecular weight is 178 g/mol. The van der Waals surface area contributed by atoms with E-state index in [2.05, 4.69) is 0 Å². The van der Waals surface area contributed by atoms with Crippen LogP contribution >= 0.6 is 11.6 Å². The van der Waals surface area contributed by atoms with Crippen molar-refractivity contribution in [1.82, 2.24) is 4.90 Å². The van der Waals surface area contributed by atoms with Crippen molar-refractivity contribution < 1.29 is 9.90 Å². The molecule has 2 atom stereocenters. The van der Waals surface area contributed by atoms with Crippen molar-refractivity contribution in [2.24, 2.45) is 0 Å². The second kappa shape index (κ2) is 3.41. The molecule has 64 valence electrons. The number of alkyl halides is 1. The molecule has 0 radical (unpaired) electrons. The zero-order valence-corrected chi connectivity index (χ0v) is 7.21. The molecule has 0 aromatic heterocycles. The van der Waals surface area contributed by atoms with Gasteiger partial charge >= 0.3 is 5.97 Å². The first-order valence-corrected chi connectivity index (χ1v) is 4.19. The van der Waals surface area contributed by atoms with E-state index in [0.717, 1.165) is 19.4 Å². The van der Waals surface area contributed by atoms with E-state index in [9.17, 15) is 4.79 Å². The fourth-order valence-electron chi connectivity index (χ4n) is 1.48. The number of hydrogen-bond acceptors (Lipinski definition) is 2. The van der Waals surface area contributed by atoms with Crippen LogP contribution in [0.15, 0.2) is 0 Å². The van der Waals surface area contributed by atoms with Crippen LogP contribution in [-0.2, 0) is 4.79 Å². The molecule has 0 aromatic rings. The van der Waals surface area contributed by atoms with Crippen molar-refractivity contribution in [1.29, 1.82) is 0 Å². The van der Waals surface area contributed by atoms with Gasteiger partial charge in [0, 0.05) is 6.54 Å². The highest BCUT2D eigenvalue weighted by Crippen LogP contribution is 2.21. The Kier molecular flexibility index (Phi) is 2.73. The topological polar surface area (TPSA) is 40.5 Å². The molecule has 1 saturated heterocycles. The first-order valence-electron chi connectivity index (χ1n) is 3.75. The third kappa shape index (κ3) is 1.84. The van der Waals surface area contributed by atoms with Gasteiger partial charge in [-0.3, -0.25) is 9.69 Å². The van der Waals surface area contributed by atoms with E-state index in [1.54, 1.807) is 0 Å². The van der Waals surface area contributed by atoms with E-state index < -0.39 is 5.97 Å². The van der Waals surface area contributed by atoms with Gasteiger partial charge in [0.2, 0.25) is 0 Å². The lowest BCUT2D eigenvalue weighted by molar-refractivity contribution is -0.142. The predicted octanol–water partition coefficient (Wildman–Crippen LogP) is 1.12. The summed E-state index contributed by atoms with van der Waals surface area (Å²) in [6, 6.07) is -0.359. The summed E-state index contributed by atoms with van der Waals surface area (Å²) in [4.78, 5) is 12.4. The molecule has 0 amide bonds. The number of nitrogens with zero attached hydrogens (tertiary/aromatic N) is 1. The van der Waals surface area contributed by atoms with Crippen molar-refractivity contribution in [2.75, 3.05) is 6.54 Å². The summed E-state index contributed by atoms with van der Waals surface area (Å²) in [6.07, 6.45) is 1.67.